The third kappa shape index (κ3) is 5.14. The topological polar surface area (TPSA) is 120 Å². The highest BCUT2D eigenvalue weighted by Crippen LogP contribution is 2.32. The minimum absolute atomic E-state index is 0.0540. The Balaban J connectivity index is 1.66. The monoisotopic (exact) mass is 412 g/mol. The second-order valence-corrected chi connectivity index (χ2v) is 8.81. The van der Waals surface area contributed by atoms with Crippen LogP contribution < -0.4 is 19.5 Å². The Morgan fingerprint density at radius 1 is 1.18 bits per heavy atom. The molecule has 1 aliphatic carbocycles. The molecule has 9 nitrogen and oxygen atoms in total. The summed E-state index contributed by atoms with van der Waals surface area (Å²) in [5.74, 6) is -0.790. The first-order valence-corrected chi connectivity index (χ1v) is 10.6. The van der Waals surface area contributed by atoms with Gasteiger partial charge in [-0.2, -0.15) is 4.72 Å². The molecule has 0 aromatic heterocycles. The van der Waals surface area contributed by atoms with Gasteiger partial charge >= 0.3 is 5.97 Å². The molecule has 1 heterocycles. The third-order valence-corrected chi connectivity index (χ3v) is 5.75. The van der Waals surface area contributed by atoms with E-state index in [0.717, 1.165) is 12.8 Å². The predicted octanol–water partition coefficient (Wildman–Crippen LogP) is 0.583. The molecule has 1 aliphatic heterocycles. The minimum Gasteiger partial charge on any atom is -0.486 e. The van der Waals surface area contributed by atoms with Gasteiger partial charge in [0, 0.05) is 12.1 Å². The van der Waals surface area contributed by atoms with E-state index < -0.39 is 34.5 Å². The van der Waals surface area contributed by atoms with Crippen LogP contribution in [0.1, 0.15) is 26.7 Å². The van der Waals surface area contributed by atoms with E-state index >= 15 is 0 Å². The largest absolute Gasteiger partial charge is 0.486 e. The molecule has 0 bridgehead atoms. The summed E-state index contributed by atoms with van der Waals surface area (Å²) in [6.45, 7) is 3.65. The van der Waals surface area contributed by atoms with Gasteiger partial charge in [-0.3, -0.25) is 9.59 Å². The van der Waals surface area contributed by atoms with E-state index in [4.69, 9.17) is 14.2 Å². The lowest BCUT2D eigenvalue weighted by molar-refractivity contribution is -0.151. The van der Waals surface area contributed by atoms with Gasteiger partial charge < -0.3 is 19.5 Å². The van der Waals surface area contributed by atoms with Gasteiger partial charge in [-0.1, -0.05) is 13.8 Å². The maximum absolute atomic E-state index is 12.7. The van der Waals surface area contributed by atoms with E-state index in [0.29, 0.717) is 24.7 Å². The Hall–Kier alpha value is -2.33. The zero-order valence-corrected chi connectivity index (χ0v) is 16.6. The molecule has 1 aromatic rings. The average molecular weight is 412 g/mol. The number of carbonyl (C=O) groups is 2. The number of sulfonamides is 1. The number of benzene rings is 1. The van der Waals surface area contributed by atoms with E-state index in [-0.39, 0.29) is 16.9 Å². The molecule has 1 aromatic carbocycles. The van der Waals surface area contributed by atoms with Crippen LogP contribution in [0.15, 0.2) is 23.1 Å². The number of hydrogen-bond acceptors (Lipinski definition) is 7. The zero-order valence-electron chi connectivity index (χ0n) is 15.8. The van der Waals surface area contributed by atoms with Crippen LogP contribution in [0.5, 0.6) is 11.5 Å². The molecule has 1 amide bonds. The van der Waals surface area contributed by atoms with Crippen LogP contribution in [0, 0.1) is 5.92 Å². The van der Waals surface area contributed by atoms with E-state index in [1.807, 2.05) is 0 Å². The van der Waals surface area contributed by atoms with E-state index in [9.17, 15) is 18.0 Å². The molecule has 2 N–H and O–H groups in total. The molecule has 2 aliphatic rings. The van der Waals surface area contributed by atoms with Gasteiger partial charge in [0.25, 0.3) is 5.91 Å². The SMILES string of the molecule is CC(C)C(NS(=O)(=O)c1ccc2c(c1)OCCO2)C(=O)OCC(=O)NC1CC1. The molecule has 154 valence electrons. The third-order valence-electron chi connectivity index (χ3n) is 4.31. The molecule has 3 rings (SSSR count). The summed E-state index contributed by atoms with van der Waals surface area (Å²) in [5.41, 5.74) is 0. The van der Waals surface area contributed by atoms with Crippen molar-refractivity contribution in [3.8, 4) is 11.5 Å². The molecule has 1 atom stereocenters. The van der Waals surface area contributed by atoms with Gasteiger partial charge in [0.2, 0.25) is 10.0 Å². The number of nitrogens with one attached hydrogen (secondary N) is 2. The summed E-state index contributed by atoms with van der Waals surface area (Å²) in [7, 11) is -4.02. The van der Waals surface area contributed by atoms with Crippen molar-refractivity contribution in [2.45, 2.75) is 43.7 Å². The normalized spacial score (nSPS) is 17.1. The Morgan fingerprint density at radius 2 is 1.86 bits per heavy atom. The van der Waals surface area contributed by atoms with Crippen LogP contribution >= 0.6 is 0 Å². The summed E-state index contributed by atoms with van der Waals surface area (Å²) in [4.78, 5) is 24.0. The molecular formula is C18H24N2O7S. The number of esters is 1. The average Bonchev–Trinajstić information content (AvgIpc) is 3.47. The fourth-order valence-corrected chi connectivity index (χ4v) is 3.95. The highest BCUT2D eigenvalue weighted by atomic mass is 32.2. The molecule has 1 unspecified atom stereocenters. The highest BCUT2D eigenvalue weighted by Gasteiger charge is 2.31. The van der Waals surface area contributed by atoms with Crippen LogP contribution in [-0.2, 0) is 24.3 Å². The molecular weight excluding hydrogens is 388 g/mol. The summed E-state index contributed by atoms with van der Waals surface area (Å²) < 4.78 is 43.6. The molecule has 1 saturated carbocycles. The van der Waals surface area contributed by atoms with Crippen LogP contribution in [-0.4, -0.2) is 52.2 Å². The second-order valence-electron chi connectivity index (χ2n) is 7.10. The van der Waals surface area contributed by atoms with Crippen molar-refractivity contribution < 1.29 is 32.2 Å². The Labute approximate surface area is 163 Å². The van der Waals surface area contributed by atoms with Gasteiger partial charge in [-0.15, -0.1) is 0 Å². The standard InChI is InChI=1S/C18H24N2O7S/c1-11(2)17(18(22)27-10-16(21)19-12-3-4-12)20-28(23,24)13-5-6-14-15(9-13)26-8-7-25-14/h5-6,9,11-12,17,20H,3-4,7-8,10H2,1-2H3,(H,19,21). The maximum Gasteiger partial charge on any atom is 0.324 e. The molecule has 10 heteroatoms. The zero-order chi connectivity index (χ0) is 20.3. The summed E-state index contributed by atoms with van der Waals surface area (Å²) in [6, 6.07) is 3.26. The number of hydrogen-bond donors (Lipinski definition) is 2. The van der Waals surface area contributed by atoms with E-state index in [1.54, 1.807) is 13.8 Å². The van der Waals surface area contributed by atoms with Crippen LogP contribution in [0.4, 0.5) is 0 Å². The molecule has 0 spiro atoms. The molecule has 0 saturated heterocycles. The summed E-state index contributed by atoms with van der Waals surface area (Å²) in [6.07, 6.45) is 1.84. The van der Waals surface area contributed by atoms with Crippen molar-refractivity contribution in [1.29, 1.82) is 0 Å². The number of carbonyl (C=O) groups excluding carboxylic acids is 2. The molecule has 28 heavy (non-hydrogen) atoms. The first-order valence-electron chi connectivity index (χ1n) is 9.14. The second kappa shape index (κ2) is 8.36. The Morgan fingerprint density at radius 3 is 2.50 bits per heavy atom. The summed E-state index contributed by atoms with van der Waals surface area (Å²) in [5, 5.41) is 2.70. The highest BCUT2D eigenvalue weighted by molar-refractivity contribution is 7.89. The summed E-state index contributed by atoms with van der Waals surface area (Å²) >= 11 is 0. The molecule has 0 radical (unpaired) electrons. The number of ether oxygens (including phenoxy) is 3. The number of fused-ring (bicyclic) bond motifs is 1. The van der Waals surface area contributed by atoms with Crippen molar-refractivity contribution in [1.82, 2.24) is 10.0 Å². The first kappa shape index (κ1) is 20.4. The predicted molar refractivity (Wildman–Crippen MR) is 98.5 cm³/mol. The Kier molecular flexibility index (Phi) is 6.09. The van der Waals surface area contributed by atoms with Crippen LogP contribution in [0.2, 0.25) is 0 Å². The van der Waals surface area contributed by atoms with Crippen LogP contribution in [0.3, 0.4) is 0 Å². The van der Waals surface area contributed by atoms with Crippen molar-refractivity contribution in [3.63, 3.8) is 0 Å². The maximum atomic E-state index is 12.7. The van der Waals surface area contributed by atoms with Gasteiger partial charge in [0.15, 0.2) is 18.1 Å². The van der Waals surface area contributed by atoms with Gasteiger partial charge in [0.1, 0.15) is 19.3 Å². The lowest BCUT2D eigenvalue weighted by Crippen LogP contribution is -2.46. The van der Waals surface area contributed by atoms with E-state index in [2.05, 4.69) is 10.0 Å². The minimum atomic E-state index is -4.02. The van der Waals surface area contributed by atoms with Crippen molar-refractivity contribution in [3.05, 3.63) is 18.2 Å². The fraction of sp³-hybridized carbons (Fsp3) is 0.556. The van der Waals surface area contributed by atoms with Gasteiger partial charge in [0.05, 0.1) is 4.90 Å². The number of rotatable bonds is 8. The van der Waals surface area contributed by atoms with Crippen molar-refractivity contribution in [2.24, 2.45) is 5.92 Å². The lowest BCUT2D eigenvalue weighted by Gasteiger charge is -2.22. The van der Waals surface area contributed by atoms with Gasteiger partial charge in [-0.25, -0.2) is 8.42 Å². The molecule has 1 fully saturated rings. The van der Waals surface area contributed by atoms with Gasteiger partial charge in [-0.05, 0) is 30.9 Å². The fourth-order valence-electron chi connectivity index (χ4n) is 2.61. The quantitative estimate of drug-likeness (QED) is 0.599. The first-order chi connectivity index (χ1) is 13.3. The van der Waals surface area contributed by atoms with E-state index in [1.165, 1.54) is 18.2 Å². The van der Waals surface area contributed by atoms with Crippen molar-refractivity contribution in [2.75, 3.05) is 19.8 Å². The Bertz CT molecular complexity index is 849. The van der Waals surface area contributed by atoms with Crippen LogP contribution in [0.25, 0.3) is 0 Å². The number of amides is 1. The van der Waals surface area contributed by atoms with Crippen molar-refractivity contribution >= 4 is 21.9 Å². The smallest absolute Gasteiger partial charge is 0.324 e. The lowest BCUT2D eigenvalue weighted by atomic mass is 10.1.